The highest BCUT2D eigenvalue weighted by Crippen LogP contribution is 2.11. The van der Waals surface area contributed by atoms with Crippen molar-refractivity contribution in [3.8, 4) is 0 Å². The zero-order valence-electron chi connectivity index (χ0n) is 12.5. The predicted octanol–water partition coefficient (Wildman–Crippen LogP) is 2.41. The number of aryl methyl sites for hydroxylation is 1. The minimum Gasteiger partial charge on any atom is -0.383 e. The van der Waals surface area contributed by atoms with Crippen LogP contribution >= 0.6 is 0 Å². The third kappa shape index (κ3) is 5.30. The molecule has 1 heterocycles. The Morgan fingerprint density at radius 1 is 1.33 bits per heavy atom. The molecule has 1 aromatic heterocycles. The number of nitrogens with zero attached hydrogens (tertiary/aromatic N) is 2. The summed E-state index contributed by atoms with van der Waals surface area (Å²) in [5.41, 5.74) is 2.17. The molecular formula is C16H22N4O. The molecule has 0 aliphatic carbocycles. The summed E-state index contributed by atoms with van der Waals surface area (Å²) in [6, 6.07) is 10.3. The Balaban J connectivity index is 1.78. The average molecular weight is 286 g/mol. The van der Waals surface area contributed by atoms with Crippen LogP contribution in [-0.2, 0) is 17.9 Å². The van der Waals surface area contributed by atoms with Gasteiger partial charge in [0.2, 0.25) is 5.91 Å². The molecule has 0 bridgehead atoms. The smallest absolute Gasteiger partial charge is 0.222 e. The van der Waals surface area contributed by atoms with E-state index in [-0.39, 0.29) is 5.91 Å². The minimum absolute atomic E-state index is 0.0349. The molecule has 0 saturated carbocycles. The quantitative estimate of drug-likeness (QED) is 0.821. The van der Waals surface area contributed by atoms with E-state index in [0.717, 1.165) is 11.3 Å². The Morgan fingerprint density at radius 3 is 2.90 bits per heavy atom. The normalized spacial score (nSPS) is 10.6. The lowest BCUT2D eigenvalue weighted by Crippen LogP contribution is -2.24. The molecule has 21 heavy (non-hydrogen) atoms. The summed E-state index contributed by atoms with van der Waals surface area (Å²) in [6.07, 6.45) is 4.01. The van der Waals surface area contributed by atoms with Crippen molar-refractivity contribution in [2.45, 2.75) is 39.4 Å². The van der Waals surface area contributed by atoms with Gasteiger partial charge < -0.3 is 10.6 Å². The predicted molar refractivity (Wildman–Crippen MR) is 83.9 cm³/mol. The second kappa shape index (κ2) is 7.47. The maximum atomic E-state index is 11.8. The number of carbonyl (C=O) groups is 1. The highest BCUT2D eigenvalue weighted by atomic mass is 16.1. The molecule has 0 aliphatic rings. The summed E-state index contributed by atoms with van der Waals surface area (Å²) in [7, 11) is 0. The van der Waals surface area contributed by atoms with Crippen LogP contribution in [0.15, 0.2) is 42.7 Å². The first-order chi connectivity index (χ1) is 10.1. The maximum Gasteiger partial charge on any atom is 0.222 e. The molecule has 1 aromatic carbocycles. The number of hydrogen-bond acceptors (Lipinski definition) is 3. The summed E-state index contributed by atoms with van der Waals surface area (Å²) in [5, 5.41) is 10.4. The summed E-state index contributed by atoms with van der Waals surface area (Å²) in [4.78, 5) is 11.8. The number of amides is 1. The molecule has 0 atom stereocenters. The van der Waals surface area contributed by atoms with Crippen LogP contribution in [0.2, 0.25) is 0 Å². The van der Waals surface area contributed by atoms with Crippen LogP contribution in [0.5, 0.6) is 0 Å². The number of hydrogen-bond donors (Lipinski definition) is 2. The molecule has 1 amide bonds. The van der Waals surface area contributed by atoms with E-state index in [2.05, 4.69) is 35.6 Å². The fourth-order valence-electron chi connectivity index (χ4n) is 2.04. The SMILES string of the molecule is CC(C)Nc1cccc(CNC(=O)CCn2cccn2)c1. The fraction of sp³-hybridized carbons (Fsp3) is 0.375. The molecule has 2 N–H and O–H groups in total. The summed E-state index contributed by atoms with van der Waals surface area (Å²) in [5.74, 6) is 0.0349. The van der Waals surface area contributed by atoms with Crippen molar-refractivity contribution in [2.24, 2.45) is 0 Å². The lowest BCUT2D eigenvalue weighted by atomic mass is 10.2. The summed E-state index contributed by atoms with van der Waals surface area (Å²) < 4.78 is 1.76. The fourth-order valence-corrected chi connectivity index (χ4v) is 2.04. The zero-order valence-corrected chi connectivity index (χ0v) is 12.5. The number of nitrogens with one attached hydrogen (secondary N) is 2. The highest BCUT2D eigenvalue weighted by Gasteiger charge is 2.03. The topological polar surface area (TPSA) is 58.9 Å². The lowest BCUT2D eigenvalue weighted by Gasteiger charge is -2.11. The van der Waals surface area contributed by atoms with Crippen molar-refractivity contribution in [1.82, 2.24) is 15.1 Å². The van der Waals surface area contributed by atoms with Gasteiger partial charge in [0.25, 0.3) is 0 Å². The van der Waals surface area contributed by atoms with Gasteiger partial charge in [0, 0.05) is 43.6 Å². The van der Waals surface area contributed by atoms with E-state index in [1.807, 2.05) is 30.5 Å². The van der Waals surface area contributed by atoms with Crippen LogP contribution in [0.1, 0.15) is 25.8 Å². The molecule has 112 valence electrons. The molecule has 0 unspecified atom stereocenters. The molecule has 5 heteroatoms. The van der Waals surface area contributed by atoms with E-state index in [0.29, 0.717) is 25.6 Å². The van der Waals surface area contributed by atoms with Crippen LogP contribution in [0.3, 0.4) is 0 Å². The molecular weight excluding hydrogens is 264 g/mol. The van der Waals surface area contributed by atoms with E-state index < -0.39 is 0 Å². The van der Waals surface area contributed by atoms with Crippen LogP contribution in [0, 0.1) is 0 Å². The highest BCUT2D eigenvalue weighted by molar-refractivity contribution is 5.75. The van der Waals surface area contributed by atoms with Crippen molar-refractivity contribution < 1.29 is 4.79 Å². The first kappa shape index (κ1) is 15.1. The van der Waals surface area contributed by atoms with Crippen molar-refractivity contribution in [2.75, 3.05) is 5.32 Å². The van der Waals surface area contributed by atoms with Gasteiger partial charge >= 0.3 is 0 Å². The molecule has 0 spiro atoms. The van der Waals surface area contributed by atoms with E-state index in [1.54, 1.807) is 10.9 Å². The Kier molecular flexibility index (Phi) is 5.37. The lowest BCUT2D eigenvalue weighted by molar-refractivity contribution is -0.121. The minimum atomic E-state index is 0.0349. The van der Waals surface area contributed by atoms with Crippen LogP contribution < -0.4 is 10.6 Å². The second-order valence-electron chi connectivity index (χ2n) is 5.30. The van der Waals surface area contributed by atoms with Gasteiger partial charge in [0.1, 0.15) is 0 Å². The van der Waals surface area contributed by atoms with Crippen LogP contribution in [0.4, 0.5) is 5.69 Å². The first-order valence-corrected chi connectivity index (χ1v) is 7.23. The molecule has 0 saturated heterocycles. The van der Waals surface area contributed by atoms with Crippen LogP contribution in [0.25, 0.3) is 0 Å². The second-order valence-corrected chi connectivity index (χ2v) is 5.30. The van der Waals surface area contributed by atoms with Gasteiger partial charge in [-0.3, -0.25) is 9.48 Å². The van der Waals surface area contributed by atoms with Crippen molar-refractivity contribution >= 4 is 11.6 Å². The van der Waals surface area contributed by atoms with Gasteiger partial charge in [0.15, 0.2) is 0 Å². The summed E-state index contributed by atoms with van der Waals surface area (Å²) >= 11 is 0. The summed E-state index contributed by atoms with van der Waals surface area (Å²) in [6.45, 7) is 5.35. The van der Waals surface area contributed by atoms with Gasteiger partial charge in [-0.15, -0.1) is 0 Å². The van der Waals surface area contributed by atoms with Crippen molar-refractivity contribution in [1.29, 1.82) is 0 Å². The Labute approximate surface area is 125 Å². The standard InChI is InChI=1S/C16H22N4O/c1-13(2)19-15-6-3-5-14(11-15)12-17-16(21)7-10-20-9-4-8-18-20/h3-6,8-9,11,13,19H,7,10,12H2,1-2H3,(H,17,21). The van der Waals surface area contributed by atoms with Gasteiger partial charge in [-0.05, 0) is 37.6 Å². The number of carbonyl (C=O) groups excluding carboxylic acids is 1. The Bertz CT molecular complexity index is 563. The molecule has 5 nitrogen and oxygen atoms in total. The molecule has 2 aromatic rings. The Morgan fingerprint density at radius 2 is 2.19 bits per heavy atom. The molecule has 0 fully saturated rings. The zero-order chi connectivity index (χ0) is 15.1. The van der Waals surface area contributed by atoms with E-state index in [1.165, 1.54) is 0 Å². The Hall–Kier alpha value is -2.30. The molecule has 0 aliphatic heterocycles. The van der Waals surface area contributed by atoms with E-state index in [4.69, 9.17) is 0 Å². The van der Waals surface area contributed by atoms with Gasteiger partial charge in [0.05, 0.1) is 0 Å². The largest absolute Gasteiger partial charge is 0.383 e. The third-order valence-electron chi connectivity index (χ3n) is 3.00. The van der Waals surface area contributed by atoms with Crippen molar-refractivity contribution in [3.05, 3.63) is 48.3 Å². The molecule has 0 radical (unpaired) electrons. The molecule has 2 rings (SSSR count). The van der Waals surface area contributed by atoms with Crippen LogP contribution in [-0.4, -0.2) is 21.7 Å². The van der Waals surface area contributed by atoms with Gasteiger partial charge in [-0.2, -0.15) is 5.10 Å². The number of aromatic nitrogens is 2. The number of benzene rings is 1. The van der Waals surface area contributed by atoms with E-state index in [9.17, 15) is 4.79 Å². The number of rotatable bonds is 7. The van der Waals surface area contributed by atoms with E-state index >= 15 is 0 Å². The number of anilines is 1. The van der Waals surface area contributed by atoms with Crippen molar-refractivity contribution in [3.63, 3.8) is 0 Å². The maximum absolute atomic E-state index is 11.8. The van der Waals surface area contributed by atoms with Gasteiger partial charge in [-0.1, -0.05) is 12.1 Å². The monoisotopic (exact) mass is 286 g/mol. The first-order valence-electron chi connectivity index (χ1n) is 7.23. The van der Waals surface area contributed by atoms with Gasteiger partial charge in [-0.25, -0.2) is 0 Å². The average Bonchev–Trinajstić information content (AvgIpc) is 2.96. The third-order valence-corrected chi connectivity index (χ3v) is 3.00.